The van der Waals surface area contributed by atoms with Crippen molar-refractivity contribution >= 4 is 45.7 Å². The van der Waals surface area contributed by atoms with Gasteiger partial charge in [-0.3, -0.25) is 4.98 Å². The fourth-order valence-electron chi connectivity index (χ4n) is 1.27. The quantitative estimate of drug-likeness (QED) is 0.684. The number of benzene rings is 1. The number of alkyl halides is 1. The molecule has 0 atom stereocenters. The van der Waals surface area contributed by atoms with Gasteiger partial charge in [0.2, 0.25) is 0 Å². The van der Waals surface area contributed by atoms with Gasteiger partial charge in [-0.05, 0) is 18.2 Å². The third-order valence-electron chi connectivity index (χ3n) is 1.98. The Hall–Kier alpha value is -0.500. The predicted octanol–water partition coefficient (Wildman–Crippen LogP) is 4.28. The lowest BCUT2D eigenvalue weighted by Gasteiger charge is -2.04. The smallest absolute Gasteiger partial charge is 0.0718 e. The molecule has 1 heterocycles. The number of fused-ring (bicyclic) bond motifs is 1. The molecule has 1 aromatic carbocycles. The zero-order chi connectivity index (χ0) is 10.1. The van der Waals surface area contributed by atoms with E-state index in [1.165, 1.54) is 0 Å². The highest BCUT2D eigenvalue weighted by molar-refractivity contribution is 6.37. The van der Waals surface area contributed by atoms with Crippen LogP contribution in [0.5, 0.6) is 0 Å². The van der Waals surface area contributed by atoms with Crippen molar-refractivity contribution in [3.05, 3.63) is 40.0 Å². The first-order valence-electron chi connectivity index (χ1n) is 4.01. The molecule has 72 valence electrons. The molecule has 0 aliphatic heterocycles. The molecule has 0 bridgehead atoms. The van der Waals surface area contributed by atoms with E-state index >= 15 is 0 Å². The third kappa shape index (κ3) is 1.68. The lowest BCUT2D eigenvalue weighted by atomic mass is 10.2. The number of rotatable bonds is 1. The number of pyridine rings is 1. The molecule has 0 saturated carbocycles. The van der Waals surface area contributed by atoms with Crippen LogP contribution in [0.25, 0.3) is 10.9 Å². The summed E-state index contributed by atoms with van der Waals surface area (Å²) >= 11 is 17.7. The largest absolute Gasteiger partial charge is 0.256 e. The number of aromatic nitrogens is 1. The summed E-state index contributed by atoms with van der Waals surface area (Å²) in [6, 6.07) is 5.41. The van der Waals surface area contributed by atoms with Gasteiger partial charge in [-0.2, -0.15) is 0 Å². The second kappa shape index (κ2) is 3.93. The molecule has 0 aliphatic carbocycles. The summed E-state index contributed by atoms with van der Waals surface area (Å²) < 4.78 is 0. The molecule has 0 saturated heterocycles. The molecule has 1 aromatic heterocycles. The Labute approximate surface area is 96.6 Å². The SMILES string of the molecule is ClCc1cnc2ccc(Cl)cc2c1Cl. The first-order valence-corrected chi connectivity index (χ1v) is 5.30. The van der Waals surface area contributed by atoms with Crippen LogP contribution < -0.4 is 0 Å². The molecule has 0 radical (unpaired) electrons. The summed E-state index contributed by atoms with van der Waals surface area (Å²) in [6.07, 6.45) is 1.69. The average Bonchev–Trinajstić information content (AvgIpc) is 2.20. The van der Waals surface area contributed by atoms with Crippen LogP contribution in [0.2, 0.25) is 10.0 Å². The summed E-state index contributed by atoms with van der Waals surface area (Å²) in [5, 5.41) is 2.12. The lowest BCUT2D eigenvalue weighted by molar-refractivity contribution is 1.30. The molecular formula is C10H6Cl3N. The summed E-state index contributed by atoms with van der Waals surface area (Å²) in [5.41, 5.74) is 1.65. The van der Waals surface area contributed by atoms with Gasteiger partial charge in [-0.25, -0.2) is 0 Å². The minimum Gasteiger partial charge on any atom is -0.256 e. The molecule has 0 unspecified atom stereocenters. The van der Waals surface area contributed by atoms with Crippen LogP contribution in [-0.4, -0.2) is 4.98 Å². The fraction of sp³-hybridized carbons (Fsp3) is 0.100. The third-order valence-corrected chi connectivity index (χ3v) is 2.95. The zero-order valence-corrected chi connectivity index (χ0v) is 9.37. The van der Waals surface area contributed by atoms with Crippen molar-refractivity contribution in [2.24, 2.45) is 0 Å². The molecule has 0 aliphatic rings. The Morgan fingerprint density at radius 2 is 2.00 bits per heavy atom. The Kier molecular flexibility index (Phi) is 2.82. The maximum atomic E-state index is 6.13. The van der Waals surface area contributed by atoms with Gasteiger partial charge in [0.05, 0.1) is 16.4 Å². The molecule has 2 rings (SSSR count). The molecular weight excluding hydrogens is 240 g/mol. The van der Waals surface area contributed by atoms with Crippen LogP contribution in [0, 0.1) is 0 Å². The van der Waals surface area contributed by atoms with E-state index in [0.717, 1.165) is 16.5 Å². The minimum atomic E-state index is 0.355. The summed E-state index contributed by atoms with van der Waals surface area (Å²) in [6.45, 7) is 0. The number of halogens is 3. The van der Waals surface area contributed by atoms with Crippen molar-refractivity contribution < 1.29 is 0 Å². The lowest BCUT2D eigenvalue weighted by Crippen LogP contribution is -1.86. The fourth-order valence-corrected chi connectivity index (χ4v) is 1.98. The molecule has 1 nitrogen and oxygen atoms in total. The van der Waals surface area contributed by atoms with Crippen LogP contribution in [0.4, 0.5) is 0 Å². The molecule has 2 aromatic rings. The van der Waals surface area contributed by atoms with Crippen molar-refractivity contribution in [1.29, 1.82) is 0 Å². The molecule has 0 N–H and O–H groups in total. The first kappa shape index (κ1) is 10.0. The van der Waals surface area contributed by atoms with E-state index in [1.54, 1.807) is 18.3 Å². The van der Waals surface area contributed by atoms with E-state index in [0.29, 0.717) is 15.9 Å². The summed E-state index contributed by atoms with van der Waals surface area (Å²) in [5.74, 6) is 0.355. The highest BCUT2D eigenvalue weighted by atomic mass is 35.5. The predicted molar refractivity (Wildman–Crippen MR) is 61.3 cm³/mol. The maximum Gasteiger partial charge on any atom is 0.0718 e. The van der Waals surface area contributed by atoms with Gasteiger partial charge in [0.15, 0.2) is 0 Å². The summed E-state index contributed by atoms with van der Waals surface area (Å²) in [4.78, 5) is 4.23. The van der Waals surface area contributed by atoms with Crippen LogP contribution >= 0.6 is 34.8 Å². The first-order chi connectivity index (χ1) is 6.72. The minimum absolute atomic E-state index is 0.355. The topological polar surface area (TPSA) is 12.9 Å². The molecule has 14 heavy (non-hydrogen) atoms. The van der Waals surface area contributed by atoms with E-state index in [-0.39, 0.29) is 0 Å². The molecule has 4 heteroatoms. The van der Waals surface area contributed by atoms with Gasteiger partial charge in [0.25, 0.3) is 0 Å². The number of hydrogen-bond donors (Lipinski definition) is 0. The number of hydrogen-bond acceptors (Lipinski definition) is 1. The molecule has 0 fully saturated rings. The van der Waals surface area contributed by atoms with Gasteiger partial charge in [-0.15, -0.1) is 11.6 Å². The maximum absolute atomic E-state index is 6.13. The van der Waals surface area contributed by atoms with Gasteiger partial charge in [0, 0.05) is 22.2 Å². The van der Waals surface area contributed by atoms with Gasteiger partial charge in [-0.1, -0.05) is 23.2 Å². The van der Waals surface area contributed by atoms with E-state index in [1.807, 2.05) is 6.07 Å². The second-order valence-corrected chi connectivity index (χ2v) is 3.97. The van der Waals surface area contributed by atoms with Crippen molar-refractivity contribution in [1.82, 2.24) is 4.98 Å². The monoisotopic (exact) mass is 245 g/mol. The molecule has 0 spiro atoms. The van der Waals surface area contributed by atoms with E-state index in [9.17, 15) is 0 Å². The average molecular weight is 247 g/mol. The van der Waals surface area contributed by atoms with Gasteiger partial charge in [0.1, 0.15) is 0 Å². The van der Waals surface area contributed by atoms with Crippen LogP contribution in [0.1, 0.15) is 5.56 Å². The van der Waals surface area contributed by atoms with Crippen molar-refractivity contribution in [2.45, 2.75) is 5.88 Å². The van der Waals surface area contributed by atoms with E-state index in [4.69, 9.17) is 34.8 Å². The molecule has 0 amide bonds. The van der Waals surface area contributed by atoms with E-state index < -0.39 is 0 Å². The Bertz CT molecular complexity index is 482. The van der Waals surface area contributed by atoms with Crippen molar-refractivity contribution in [3.63, 3.8) is 0 Å². The Morgan fingerprint density at radius 1 is 1.21 bits per heavy atom. The zero-order valence-electron chi connectivity index (χ0n) is 7.10. The van der Waals surface area contributed by atoms with Gasteiger partial charge >= 0.3 is 0 Å². The summed E-state index contributed by atoms with van der Waals surface area (Å²) in [7, 11) is 0. The number of nitrogens with zero attached hydrogens (tertiary/aromatic N) is 1. The van der Waals surface area contributed by atoms with Crippen LogP contribution in [-0.2, 0) is 5.88 Å². The standard InChI is InChI=1S/C10H6Cl3N/c11-4-6-5-14-9-2-1-7(12)3-8(9)10(6)13/h1-3,5H,4H2. The Balaban J connectivity index is 2.79. The van der Waals surface area contributed by atoms with Gasteiger partial charge < -0.3 is 0 Å². The highest BCUT2D eigenvalue weighted by Gasteiger charge is 2.05. The van der Waals surface area contributed by atoms with Crippen LogP contribution in [0.3, 0.4) is 0 Å². The normalized spacial score (nSPS) is 10.8. The second-order valence-electron chi connectivity index (χ2n) is 2.89. The van der Waals surface area contributed by atoms with Crippen molar-refractivity contribution in [3.8, 4) is 0 Å². The van der Waals surface area contributed by atoms with E-state index in [2.05, 4.69) is 4.98 Å². The van der Waals surface area contributed by atoms with Crippen LogP contribution in [0.15, 0.2) is 24.4 Å². The Morgan fingerprint density at radius 3 is 2.71 bits per heavy atom. The highest BCUT2D eigenvalue weighted by Crippen LogP contribution is 2.28. The van der Waals surface area contributed by atoms with Crippen molar-refractivity contribution in [2.75, 3.05) is 0 Å².